The first kappa shape index (κ1) is 14.1. The highest BCUT2D eigenvalue weighted by atomic mass is 79.9. The van der Waals surface area contributed by atoms with Gasteiger partial charge in [0.05, 0.1) is 0 Å². The zero-order valence-electron chi connectivity index (χ0n) is 11.3. The number of halogens is 2. The Hall–Kier alpha value is 0.140. The van der Waals surface area contributed by atoms with Crippen molar-refractivity contribution in [3.05, 3.63) is 32.7 Å². The Kier molecular flexibility index (Phi) is 4.35. The number of benzene rings is 1. The van der Waals surface area contributed by atoms with Crippen LogP contribution in [0.4, 0.5) is 0 Å². The molecule has 1 nitrogen and oxygen atoms in total. The molecule has 2 fully saturated rings. The van der Waals surface area contributed by atoms with Crippen molar-refractivity contribution in [1.29, 1.82) is 0 Å². The smallest absolute Gasteiger partial charge is 0.0365 e. The number of nitrogens with one attached hydrogen (secondary N) is 1. The summed E-state index contributed by atoms with van der Waals surface area (Å²) in [6, 6.07) is 7.07. The SMILES string of the molecule is CCNC(c1cc(Br)ccc1Br)C1C2CCCCC21. The van der Waals surface area contributed by atoms with Gasteiger partial charge in [-0.15, -0.1) is 0 Å². The Morgan fingerprint density at radius 1 is 1.21 bits per heavy atom. The van der Waals surface area contributed by atoms with Crippen molar-refractivity contribution in [2.45, 2.75) is 38.6 Å². The van der Waals surface area contributed by atoms with E-state index in [1.807, 2.05) is 0 Å². The van der Waals surface area contributed by atoms with Crippen molar-refractivity contribution >= 4 is 31.9 Å². The first-order chi connectivity index (χ1) is 9.22. The van der Waals surface area contributed by atoms with Crippen LogP contribution in [0, 0.1) is 17.8 Å². The summed E-state index contributed by atoms with van der Waals surface area (Å²) >= 11 is 7.35. The van der Waals surface area contributed by atoms with Gasteiger partial charge in [0.2, 0.25) is 0 Å². The topological polar surface area (TPSA) is 12.0 Å². The molecule has 19 heavy (non-hydrogen) atoms. The van der Waals surface area contributed by atoms with Crippen molar-refractivity contribution in [2.24, 2.45) is 17.8 Å². The van der Waals surface area contributed by atoms with Crippen molar-refractivity contribution in [3.63, 3.8) is 0 Å². The Morgan fingerprint density at radius 2 is 1.89 bits per heavy atom. The number of rotatable bonds is 4. The van der Waals surface area contributed by atoms with E-state index in [1.165, 1.54) is 40.2 Å². The van der Waals surface area contributed by atoms with Crippen LogP contribution in [0.25, 0.3) is 0 Å². The first-order valence-corrected chi connectivity index (χ1v) is 8.99. The van der Waals surface area contributed by atoms with Gasteiger partial charge < -0.3 is 5.32 Å². The minimum absolute atomic E-state index is 0.518. The van der Waals surface area contributed by atoms with Gasteiger partial charge in [0, 0.05) is 15.0 Å². The molecule has 1 aromatic carbocycles. The lowest BCUT2D eigenvalue weighted by Gasteiger charge is -2.21. The van der Waals surface area contributed by atoms with Gasteiger partial charge in [-0.25, -0.2) is 0 Å². The van der Waals surface area contributed by atoms with Crippen LogP contribution in [0.1, 0.15) is 44.2 Å². The molecule has 104 valence electrons. The van der Waals surface area contributed by atoms with Gasteiger partial charge in [-0.3, -0.25) is 0 Å². The van der Waals surface area contributed by atoms with Gasteiger partial charge in [0.1, 0.15) is 0 Å². The summed E-state index contributed by atoms with van der Waals surface area (Å²) in [5.41, 5.74) is 1.43. The third kappa shape index (κ3) is 2.79. The average Bonchev–Trinajstić information content (AvgIpc) is 3.13. The van der Waals surface area contributed by atoms with Gasteiger partial charge in [-0.1, -0.05) is 51.6 Å². The van der Waals surface area contributed by atoms with Crippen molar-refractivity contribution in [1.82, 2.24) is 5.32 Å². The van der Waals surface area contributed by atoms with E-state index in [2.05, 4.69) is 62.3 Å². The highest BCUT2D eigenvalue weighted by Crippen LogP contribution is 2.60. The molecule has 3 heteroatoms. The van der Waals surface area contributed by atoms with Crippen LogP contribution in [-0.2, 0) is 0 Å². The minimum atomic E-state index is 0.518. The Labute approximate surface area is 132 Å². The molecule has 3 rings (SSSR count). The number of hydrogen-bond donors (Lipinski definition) is 1. The molecular formula is C16H21Br2N. The maximum atomic E-state index is 3.74. The predicted octanol–water partition coefficient (Wildman–Crippen LogP) is 5.30. The number of fused-ring (bicyclic) bond motifs is 1. The van der Waals surface area contributed by atoms with Crippen LogP contribution in [0.5, 0.6) is 0 Å². The monoisotopic (exact) mass is 385 g/mol. The van der Waals surface area contributed by atoms with E-state index >= 15 is 0 Å². The van der Waals surface area contributed by atoms with Crippen LogP contribution in [0.3, 0.4) is 0 Å². The summed E-state index contributed by atoms with van der Waals surface area (Å²) < 4.78 is 2.42. The third-order valence-corrected chi connectivity index (χ3v) is 6.04. The second-order valence-electron chi connectivity index (χ2n) is 5.89. The largest absolute Gasteiger partial charge is 0.310 e. The van der Waals surface area contributed by atoms with Crippen molar-refractivity contribution < 1.29 is 0 Å². The minimum Gasteiger partial charge on any atom is -0.310 e. The van der Waals surface area contributed by atoms with Crippen LogP contribution in [-0.4, -0.2) is 6.54 Å². The summed E-state index contributed by atoms with van der Waals surface area (Å²) in [6.07, 6.45) is 5.78. The second kappa shape index (κ2) is 5.87. The lowest BCUT2D eigenvalue weighted by Crippen LogP contribution is -2.24. The molecule has 0 aliphatic heterocycles. The molecule has 2 aliphatic rings. The Morgan fingerprint density at radius 3 is 2.53 bits per heavy atom. The highest BCUT2D eigenvalue weighted by Gasteiger charge is 2.54. The molecular weight excluding hydrogens is 366 g/mol. The van der Waals surface area contributed by atoms with Gasteiger partial charge in [-0.2, -0.15) is 0 Å². The molecule has 2 aliphatic carbocycles. The lowest BCUT2D eigenvalue weighted by molar-refractivity contribution is 0.455. The fourth-order valence-corrected chi connectivity index (χ4v) is 4.84. The van der Waals surface area contributed by atoms with Crippen LogP contribution in [0.15, 0.2) is 27.1 Å². The maximum absolute atomic E-state index is 3.74. The average molecular weight is 387 g/mol. The normalized spacial score (nSPS) is 30.8. The third-order valence-electron chi connectivity index (χ3n) is 4.82. The van der Waals surface area contributed by atoms with Crippen LogP contribution in [0.2, 0.25) is 0 Å². The van der Waals surface area contributed by atoms with E-state index in [1.54, 1.807) is 0 Å². The zero-order valence-corrected chi connectivity index (χ0v) is 14.5. The summed E-state index contributed by atoms with van der Waals surface area (Å²) in [4.78, 5) is 0. The summed E-state index contributed by atoms with van der Waals surface area (Å²) in [6.45, 7) is 3.25. The molecule has 0 radical (unpaired) electrons. The maximum Gasteiger partial charge on any atom is 0.0365 e. The fourth-order valence-electron chi connectivity index (χ4n) is 3.97. The van der Waals surface area contributed by atoms with E-state index in [-0.39, 0.29) is 0 Å². The lowest BCUT2D eigenvalue weighted by atomic mass is 10.00. The molecule has 0 spiro atoms. The zero-order chi connectivity index (χ0) is 13.4. The Balaban J connectivity index is 1.86. The summed E-state index contributed by atoms with van der Waals surface area (Å²) in [5.74, 6) is 2.81. The molecule has 0 bridgehead atoms. The van der Waals surface area contributed by atoms with Crippen molar-refractivity contribution in [3.8, 4) is 0 Å². The van der Waals surface area contributed by atoms with Gasteiger partial charge in [-0.05, 0) is 60.9 Å². The standard InChI is InChI=1S/C16H21Br2N/c1-2-19-16(13-9-10(17)7-8-14(13)18)15-11-5-3-4-6-12(11)15/h7-9,11-12,15-16,19H,2-6H2,1H3. The van der Waals surface area contributed by atoms with Crippen LogP contribution >= 0.6 is 31.9 Å². The fraction of sp³-hybridized carbons (Fsp3) is 0.625. The summed E-state index contributed by atoms with van der Waals surface area (Å²) in [5, 5.41) is 3.73. The first-order valence-electron chi connectivity index (χ1n) is 7.40. The molecule has 2 saturated carbocycles. The number of hydrogen-bond acceptors (Lipinski definition) is 1. The van der Waals surface area contributed by atoms with Crippen LogP contribution < -0.4 is 5.32 Å². The molecule has 3 atom stereocenters. The molecule has 0 aromatic heterocycles. The Bertz CT molecular complexity index is 448. The van der Waals surface area contributed by atoms with Gasteiger partial charge >= 0.3 is 0 Å². The van der Waals surface area contributed by atoms with E-state index in [9.17, 15) is 0 Å². The van der Waals surface area contributed by atoms with E-state index in [0.717, 1.165) is 24.3 Å². The molecule has 0 amide bonds. The summed E-state index contributed by atoms with van der Waals surface area (Å²) in [7, 11) is 0. The molecule has 0 heterocycles. The highest BCUT2D eigenvalue weighted by molar-refractivity contribution is 9.11. The predicted molar refractivity (Wildman–Crippen MR) is 87.2 cm³/mol. The van der Waals surface area contributed by atoms with E-state index < -0.39 is 0 Å². The van der Waals surface area contributed by atoms with Gasteiger partial charge in [0.25, 0.3) is 0 Å². The molecule has 3 unspecified atom stereocenters. The molecule has 1 aromatic rings. The molecule has 1 N–H and O–H groups in total. The quantitative estimate of drug-likeness (QED) is 0.740. The van der Waals surface area contributed by atoms with Crippen molar-refractivity contribution in [2.75, 3.05) is 6.54 Å². The van der Waals surface area contributed by atoms with E-state index in [0.29, 0.717) is 6.04 Å². The van der Waals surface area contributed by atoms with E-state index in [4.69, 9.17) is 0 Å². The second-order valence-corrected chi connectivity index (χ2v) is 7.66. The van der Waals surface area contributed by atoms with Gasteiger partial charge in [0.15, 0.2) is 0 Å². The molecule has 0 saturated heterocycles.